The number of hydrogen-bond acceptors (Lipinski definition) is 5. The van der Waals surface area contributed by atoms with Crippen molar-refractivity contribution >= 4 is 0 Å². The first-order valence-electron chi connectivity index (χ1n) is 7.40. The molecule has 18 heavy (non-hydrogen) atoms. The van der Waals surface area contributed by atoms with E-state index < -0.39 is 0 Å². The predicted octanol–water partition coefficient (Wildman–Crippen LogP) is -0.0309. The van der Waals surface area contributed by atoms with Gasteiger partial charge in [0.15, 0.2) is 0 Å². The van der Waals surface area contributed by atoms with Crippen molar-refractivity contribution in [1.29, 1.82) is 0 Å². The Bertz CT molecular complexity index is 152. The van der Waals surface area contributed by atoms with E-state index in [2.05, 4.69) is 22.9 Å². The van der Waals surface area contributed by atoms with E-state index in [1.165, 1.54) is 19.3 Å². The molecule has 0 aliphatic rings. The highest BCUT2D eigenvalue weighted by atomic mass is 14.9. The van der Waals surface area contributed by atoms with Crippen molar-refractivity contribution in [2.75, 3.05) is 39.3 Å². The Hall–Kier alpha value is -0.200. The van der Waals surface area contributed by atoms with Crippen LogP contribution in [-0.4, -0.2) is 45.4 Å². The van der Waals surface area contributed by atoms with Gasteiger partial charge in [0.2, 0.25) is 0 Å². The summed E-state index contributed by atoms with van der Waals surface area (Å²) in [7, 11) is 0. The fourth-order valence-corrected chi connectivity index (χ4v) is 1.69. The molecule has 0 rings (SSSR count). The molecule has 0 aromatic rings. The maximum absolute atomic E-state index is 5.47. The zero-order chi connectivity index (χ0) is 13.5. The molecule has 0 spiro atoms. The fourth-order valence-electron chi connectivity index (χ4n) is 1.69. The largest absolute Gasteiger partial charge is 0.317 e. The first-order valence-corrected chi connectivity index (χ1v) is 7.40. The highest BCUT2D eigenvalue weighted by molar-refractivity contribution is 4.56. The summed E-state index contributed by atoms with van der Waals surface area (Å²) >= 11 is 0. The molecule has 0 aromatic heterocycles. The van der Waals surface area contributed by atoms with Gasteiger partial charge in [-0.25, -0.2) is 0 Å². The smallest absolute Gasteiger partial charge is 0.0521 e. The standard InChI is InChI=1S/C13H33N5/c1-2-7-16-9-4-11-18-12-5-10-17-8-3-6-13(14)15/h13,16-18H,2-12,14-15H2,1H3. The lowest BCUT2D eigenvalue weighted by Crippen LogP contribution is -2.31. The Labute approximate surface area is 112 Å². The van der Waals surface area contributed by atoms with Crippen LogP contribution in [0.5, 0.6) is 0 Å². The van der Waals surface area contributed by atoms with Crippen LogP contribution in [0.15, 0.2) is 0 Å². The Morgan fingerprint density at radius 1 is 0.722 bits per heavy atom. The summed E-state index contributed by atoms with van der Waals surface area (Å²) in [6.45, 7) is 8.75. The van der Waals surface area contributed by atoms with Crippen LogP contribution in [0.3, 0.4) is 0 Å². The van der Waals surface area contributed by atoms with Crippen LogP contribution in [0.25, 0.3) is 0 Å². The second-order valence-electron chi connectivity index (χ2n) is 4.76. The molecule has 7 N–H and O–H groups in total. The molecule has 5 heteroatoms. The lowest BCUT2D eigenvalue weighted by molar-refractivity contribution is 0.537. The van der Waals surface area contributed by atoms with Crippen LogP contribution in [0.1, 0.15) is 39.0 Å². The average Bonchev–Trinajstić information content (AvgIpc) is 2.34. The molecule has 0 aliphatic heterocycles. The summed E-state index contributed by atoms with van der Waals surface area (Å²) in [5.41, 5.74) is 10.9. The first-order chi connectivity index (χ1) is 8.77. The third kappa shape index (κ3) is 15.8. The Morgan fingerprint density at radius 3 is 1.61 bits per heavy atom. The van der Waals surface area contributed by atoms with Crippen LogP contribution in [0.2, 0.25) is 0 Å². The number of rotatable bonds is 14. The summed E-state index contributed by atoms with van der Waals surface area (Å²) in [4.78, 5) is 0. The van der Waals surface area contributed by atoms with Crippen molar-refractivity contribution in [3.63, 3.8) is 0 Å². The lowest BCUT2D eigenvalue weighted by atomic mass is 10.2. The number of hydrogen-bond donors (Lipinski definition) is 5. The van der Waals surface area contributed by atoms with E-state index in [1.807, 2.05) is 0 Å². The monoisotopic (exact) mass is 259 g/mol. The zero-order valence-corrected chi connectivity index (χ0v) is 12.0. The van der Waals surface area contributed by atoms with E-state index in [0.717, 1.165) is 52.1 Å². The highest BCUT2D eigenvalue weighted by Crippen LogP contribution is 1.86. The molecule has 0 heterocycles. The minimum absolute atomic E-state index is 0.158. The van der Waals surface area contributed by atoms with Gasteiger partial charge in [0.1, 0.15) is 0 Å². The second kappa shape index (κ2) is 14.9. The zero-order valence-electron chi connectivity index (χ0n) is 12.0. The topological polar surface area (TPSA) is 88.1 Å². The molecule has 0 unspecified atom stereocenters. The third-order valence-corrected chi connectivity index (χ3v) is 2.73. The third-order valence-electron chi connectivity index (χ3n) is 2.73. The van der Waals surface area contributed by atoms with E-state index in [-0.39, 0.29) is 6.17 Å². The summed E-state index contributed by atoms with van der Waals surface area (Å²) in [5, 5.41) is 10.2. The van der Waals surface area contributed by atoms with E-state index in [0.29, 0.717) is 0 Å². The average molecular weight is 259 g/mol. The molecule has 0 amide bonds. The van der Waals surface area contributed by atoms with E-state index in [1.54, 1.807) is 0 Å². The molecule has 0 radical (unpaired) electrons. The molecule has 0 saturated heterocycles. The molecule has 0 aliphatic carbocycles. The predicted molar refractivity (Wildman–Crippen MR) is 79.5 cm³/mol. The fraction of sp³-hybridized carbons (Fsp3) is 1.00. The minimum atomic E-state index is -0.158. The lowest BCUT2D eigenvalue weighted by Gasteiger charge is -2.08. The maximum atomic E-state index is 5.47. The Balaban J connectivity index is 2.90. The molecular formula is C13H33N5. The summed E-state index contributed by atoms with van der Waals surface area (Å²) in [6.07, 6.45) is 5.41. The summed E-state index contributed by atoms with van der Waals surface area (Å²) < 4.78 is 0. The van der Waals surface area contributed by atoms with Crippen molar-refractivity contribution in [1.82, 2.24) is 16.0 Å². The molecular weight excluding hydrogens is 226 g/mol. The van der Waals surface area contributed by atoms with Gasteiger partial charge in [-0.05, 0) is 71.4 Å². The van der Waals surface area contributed by atoms with Gasteiger partial charge >= 0.3 is 0 Å². The normalized spacial score (nSPS) is 11.3. The minimum Gasteiger partial charge on any atom is -0.317 e. The van der Waals surface area contributed by atoms with Crippen LogP contribution < -0.4 is 27.4 Å². The summed E-state index contributed by atoms with van der Waals surface area (Å²) in [5.74, 6) is 0. The van der Waals surface area contributed by atoms with Crippen LogP contribution >= 0.6 is 0 Å². The van der Waals surface area contributed by atoms with Gasteiger partial charge in [-0.1, -0.05) is 6.92 Å². The van der Waals surface area contributed by atoms with Crippen molar-refractivity contribution in [2.24, 2.45) is 11.5 Å². The van der Waals surface area contributed by atoms with Gasteiger partial charge in [0.25, 0.3) is 0 Å². The van der Waals surface area contributed by atoms with Gasteiger partial charge in [0.05, 0.1) is 6.17 Å². The molecule has 0 bridgehead atoms. The van der Waals surface area contributed by atoms with Gasteiger partial charge in [-0.2, -0.15) is 0 Å². The van der Waals surface area contributed by atoms with Crippen molar-refractivity contribution in [3.8, 4) is 0 Å². The molecule has 110 valence electrons. The molecule has 0 fully saturated rings. The molecule has 0 saturated carbocycles. The van der Waals surface area contributed by atoms with Crippen molar-refractivity contribution in [2.45, 2.75) is 45.2 Å². The molecule has 0 aromatic carbocycles. The van der Waals surface area contributed by atoms with Crippen LogP contribution in [-0.2, 0) is 0 Å². The van der Waals surface area contributed by atoms with Gasteiger partial charge < -0.3 is 27.4 Å². The Kier molecular flexibility index (Phi) is 14.7. The van der Waals surface area contributed by atoms with Crippen molar-refractivity contribution < 1.29 is 0 Å². The number of nitrogens with one attached hydrogen (secondary N) is 3. The molecule has 0 atom stereocenters. The van der Waals surface area contributed by atoms with Gasteiger partial charge in [-0.15, -0.1) is 0 Å². The first kappa shape index (κ1) is 17.8. The van der Waals surface area contributed by atoms with E-state index in [4.69, 9.17) is 11.5 Å². The quantitative estimate of drug-likeness (QED) is 0.223. The van der Waals surface area contributed by atoms with Crippen LogP contribution in [0, 0.1) is 0 Å². The SMILES string of the molecule is CCCNCCCNCCCNCCCC(N)N. The van der Waals surface area contributed by atoms with Gasteiger partial charge in [0, 0.05) is 0 Å². The Morgan fingerprint density at radius 2 is 1.17 bits per heavy atom. The maximum Gasteiger partial charge on any atom is 0.0521 e. The van der Waals surface area contributed by atoms with E-state index in [9.17, 15) is 0 Å². The van der Waals surface area contributed by atoms with Gasteiger partial charge in [-0.3, -0.25) is 0 Å². The second-order valence-corrected chi connectivity index (χ2v) is 4.76. The van der Waals surface area contributed by atoms with Crippen LogP contribution in [0.4, 0.5) is 0 Å². The molecule has 5 nitrogen and oxygen atoms in total. The summed E-state index contributed by atoms with van der Waals surface area (Å²) in [6, 6.07) is 0. The highest BCUT2D eigenvalue weighted by Gasteiger charge is 1.94. The number of nitrogens with two attached hydrogens (primary N) is 2. The van der Waals surface area contributed by atoms with E-state index >= 15 is 0 Å². The van der Waals surface area contributed by atoms with Crippen molar-refractivity contribution in [3.05, 3.63) is 0 Å².